The molecule has 3 saturated carbocycles. The molecule has 4 aliphatic rings. The first-order chi connectivity index (χ1) is 12.2. The van der Waals surface area contributed by atoms with Gasteiger partial charge in [-0.05, 0) is 66.6 Å². The molecule has 0 spiro atoms. The molecule has 3 fully saturated rings. The summed E-state index contributed by atoms with van der Waals surface area (Å²) in [5, 5.41) is 21.3. The lowest BCUT2D eigenvalue weighted by Crippen LogP contribution is -2.56. The Morgan fingerprint density at radius 3 is 2.77 bits per heavy atom. The van der Waals surface area contributed by atoms with E-state index in [2.05, 4.69) is 20.8 Å². The summed E-state index contributed by atoms with van der Waals surface area (Å²) in [7, 11) is 0. The molecule has 0 unspecified atom stereocenters. The van der Waals surface area contributed by atoms with E-state index in [-0.39, 0.29) is 34.2 Å². The Labute approximate surface area is 154 Å². The minimum absolute atomic E-state index is 0.0416. The number of rotatable bonds is 1. The molecule has 4 rings (SSSR count). The smallest absolute Gasteiger partial charge is 0.184 e. The molecule has 4 nitrogen and oxygen atoms in total. The lowest BCUT2D eigenvalue weighted by Gasteiger charge is -2.59. The lowest BCUT2D eigenvalue weighted by molar-refractivity contribution is -0.114. The van der Waals surface area contributed by atoms with Gasteiger partial charge in [0.2, 0.25) is 0 Å². The fourth-order valence-electron chi connectivity index (χ4n) is 7.05. The van der Waals surface area contributed by atoms with Crippen LogP contribution in [0, 0.1) is 34.5 Å². The second kappa shape index (κ2) is 5.66. The monoisotopic (exact) mass is 356 g/mol. The Balaban J connectivity index is 1.80. The van der Waals surface area contributed by atoms with E-state index in [1.807, 2.05) is 6.08 Å². The lowest BCUT2D eigenvalue weighted by atomic mass is 9.45. The van der Waals surface area contributed by atoms with Crippen molar-refractivity contribution in [1.82, 2.24) is 0 Å². The summed E-state index contributed by atoms with van der Waals surface area (Å²) in [5.41, 5.74) is 1.36. The van der Waals surface area contributed by atoms with Crippen LogP contribution in [0.15, 0.2) is 35.1 Å². The number of fused-ring (bicyclic) bond motifs is 5. The summed E-state index contributed by atoms with van der Waals surface area (Å²) >= 11 is 0. The maximum atomic E-state index is 11.9. The number of aldehydes is 1. The van der Waals surface area contributed by atoms with E-state index < -0.39 is 6.10 Å². The van der Waals surface area contributed by atoms with Gasteiger partial charge in [0.25, 0.3) is 0 Å². The number of hydrogen-bond acceptors (Lipinski definition) is 4. The molecule has 0 aromatic heterocycles. The highest BCUT2D eigenvalue weighted by atomic mass is 16.3. The molecule has 0 aliphatic heterocycles. The average molecular weight is 356 g/mol. The number of carbonyl (C=O) groups excluding carboxylic acids is 2. The van der Waals surface area contributed by atoms with E-state index in [9.17, 15) is 19.8 Å². The molecule has 0 aromatic rings. The molecule has 0 saturated heterocycles. The molecular weight excluding hydrogens is 328 g/mol. The van der Waals surface area contributed by atoms with Gasteiger partial charge in [-0.1, -0.05) is 32.4 Å². The Kier molecular flexibility index (Phi) is 3.85. The van der Waals surface area contributed by atoms with Crippen molar-refractivity contribution in [2.45, 2.75) is 52.6 Å². The van der Waals surface area contributed by atoms with Gasteiger partial charge in [0.1, 0.15) is 0 Å². The average Bonchev–Trinajstić information content (AvgIpc) is 2.92. The quantitative estimate of drug-likeness (QED) is 0.428. The first-order valence-corrected chi connectivity index (χ1v) is 9.73. The third kappa shape index (κ3) is 2.17. The van der Waals surface area contributed by atoms with E-state index >= 15 is 0 Å². The predicted octanol–water partition coefficient (Wildman–Crippen LogP) is 3.52. The Hall–Kier alpha value is -1.68. The van der Waals surface area contributed by atoms with Gasteiger partial charge in [0, 0.05) is 11.3 Å². The normalized spacial score (nSPS) is 49.0. The number of aliphatic hydroxyl groups is 2. The van der Waals surface area contributed by atoms with Gasteiger partial charge in [-0.2, -0.15) is 0 Å². The summed E-state index contributed by atoms with van der Waals surface area (Å²) in [6, 6.07) is 0. The van der Waals surface area contributed by atoms with Gasteiger partial charge < -0.3 is 10.2 Å². The van der Waals surface area contributed by atoms with E-state index in [0.717, 1.165) is 30.4 Å². The number of ketones is 1. The summed E-state index contributed by atoms with van der Waals surface area (Å²) in [4.78, 5) is 23.1. The van der Waals surface area contributed by atoms with Crippen LogP contribution in [-0.4, -0.2) is 28.4 Å². The summed E-state index contributed by atoms with van der Waals surface area (Å²) < 4.78 is 0. The van der Waals surface area contributed by atoms with Gasteiger partial charge >= 0.3 is 0 Å². The summed E-state index contributed by atoms with van der Waals surface area (Å²) in [5.74, 6) is 0.928. The van der Waals surface area contributed by atoms with Gasteiger partial charge in [0.15, 0.2) is 17.8 Å². The molecule has 0 aromatic carbocycles. The molecule has 2 N–H and O–H groups in total. The first-order valence-electron chi connectivity index (χ1n) is 9.73. The number of allylic oxidation sites excluding steroid dienone is 6. The highest BCUT2D eigenvalue weighted by Crippen LogP contribution is 2.66. The highest BCUT2D eigenvalue weighted by Gasteiger charge is 2.61. The largest absolute Gasteiger partial charge is 0.505 e. The van der Waals surface area contributed by atoms with Crippen molar-refractivity contribution in [3.8, 4) is 0 Å². The highest BCUT2D eigenvalue weighted by molar-refractivity contribution is 6.01. The molecular formula is C22H28O4. The SMILES string of the molecule is C[C@H]1C[C@@H]2[C@H]([C@@H](O)C[C@]3(C)/C(=C(/O)C=O)CC[C@@H]23)[C@@]2(C)C=CC(=O)C=C12. The molecule has 0 amide bonds. The van der Waals surface area contributed by atoms with E-state index in [1.54, 1.807) is 12.2 Å². The van der Waals surface area contributed by atoms with Crippen molar-refractivity contribution in [3.05, 3.63) is 35.1 Å². The zero-order valence-electron chi connectivity index (χ0n) is 15.7. The van der Waals surface area contributed by atoms with Crippen LogP contribution in [-0.2, 0) is 9.59 Å². The van der Waals surface area contributed by atoms with Crippen LogP contribution in [0.25, 0.3) is 0 Å². The Morgan fingerprint density at radius 1 is 1.35 bits per heavy atom. The standard InChI is InChI=1S/C22H28O4/c1-12-8-14-15-4-5-16(19(26)11-23)22(15,3)10-18(25)20(14)21(2)7-6-13(24)9-17(12)21/h6-7,9,11-12,14-15,18,20,25-26H,4-5,8,10H2,1-3H3/b19-16+/t12-,14-,15-,18-,20+,21-,22-/m0/s1. The zero-order valence-corrected chi connectivity index (χ0v) is 15.7. The molecule has 26 heavy (non-hydrogen) atoms. The van der Waals surface area contributed by atoms with Crippen LogP contribution >= 0.6 is 0 Å². The second-order valence-corrected chi connectivity index (χ2v) is 9.26. The van der Waals surface area contributed by atoms with Crippen molar-refractivity contribution in [1.29, 1.82) is 0 Å². The van der Waals surface area contributed by atoms with Gasteiger partial charge in [-0.15, -0.1) is 0 Å². The third-order valence-electron chi connectivity index (χ3n) is 8.02. The maximum absolute atomic E-state index is 11.9. The molecule has 0 radical (unpaired) electrons. The number of aliphatic hydroxyl groups excluding tert-OH is 2. The van der Waals surface area contributed by atoms with Crippen LogP contribution in [0.1, 0.15) is 46.5 Å². The molecule has 140 valence electrons. The minimum atomic E-state index is -0.521. The van der Waals surface area contributed by atoms with Crippen LogP contribution in [0.4, 0.5) is 0 Å². The predicted molar refractivity (Wildman–Crippen MR) is 98.3 cm³/mol. The maximum Gasteiger partial charge on any atom is 0.184 e. The first kappa shape index (κ1) is 17.7. The van der Waals surface area contributed by atoms with E-state index in [0.29, 0.717) is 24.5 Å². The second-order valence-electron chi connectivity index (χ2n) is 9.26. The summed E-state index contributed by atoms with van der Waals surface area (Å²) in [6.45, 7) is 6.45. The van der Waals surface area contributed by atoms with Gasteiger partial charge in [0.05, 0.1) is 6.10 Å². The molecule has 7 atom stereocenters. The minimum Gasteiger partial charge on any atom is -0.505 e. The number of hydrogen-bond donors (Lipinski definition) is 2. The van der Waals surface area contributed by atoms with Crippen molar-refractivity contribution in [3.63, 3.8) is 0 Å². The Morgan fingerprint density at radius 2 is 2.08 bits per heavy atom. The number of carbonyl (C=O) groups is 2. The molecule has 0 heterocycles. The van der Waals surface area contributed by atoms with E-state index in [1.165, 1.54) is 0 Å². The summed E-state index contributed by atoms with van der Waals surface area (Å²) in [6.07, 6.45) is 8.64. The Bertz CT molecular complexity index is 760. The topological polar surface area (TPSA) is 74.6 Å². The van der Waals surface area contributed by atoms with Crippen LogP contribution in [0.2, 0.25) is 0 Å². The van der Waals surface area contributed by atoms with E-state index in [4.69, 9.17) is 0 Å². The molecule has 4 heteroatoms. The fraction of sp³-hybridized carbons (Fsp3) is 0.636. The zero-order chi connectivity index (χ0) is 18.9. The van der Waals surface area contributed by atoms with Gasteiger partial charge in [-0.3, -0.25) is 9.59 Å². The van der Waals surface area contributed by atoms with Crippen molar-refractivity contribution < 1.29 is 19.8 Å². The van der Waals surface area contributed by atoms with Crippen molar-refractivity contribution >= 4 is 12.1 Å². The van der Waals surface area contributed by atoms with Crippen LogP contribution in [0.3, 0.4) is 0 Å². The third-order valence-corrected chi connectivity index (χ3v) is 8.02. The fourth-order valence-corrected chi connectivity index (χ4v) is 7.05. The molecule has 0 bridgehead atoms. The molecule has 4 aliphatic carbocycles. The van der Waals surface area contributed by atoms with Gasteiger partial charge in [-0.25, -0.2) is 0 Å². The van der Waals surface area contributed by atoms with Crippen molar-refractivity contribution in [2.75, 3.05) is 0 Å². The van der Waals surface area contributed by atoms with Crippen molar-refractivity contribution in [2.24, 2.45) is 34.5 Å². The van der Waals surface area contributed by atoms with Crippen LogP contribution < -0.4 is 0 Å². The van der Waals surface area contributed by atoms with Crippen LogP contribution in [0.5, 0.6) is 0 Å².